The number of halogens is 3. The van der Waals surface area contributed by atoms with Gasteiger partial charge in [-0.1, -0.05) is 0 Å². The maximum atomic E-state index is 12.4. The van der Waals surface area contributed by atoms with Gasteiger partial charge >= 0.3 is 12.3 Å². The van der Waals surface area contributed by atoms with Gasteiger partial charge in [0.15, 0.2) is 6.10 Å². The molecule has 1 amide bonds. The minimum Gasteiger partial charge on any atom is -0.437 e. The van der Waals surface area contributed by atoms with Gasteiger partial charge in [-0.05, 0) is 27.7 Å². The Hall–Kier alpha value is -0.980. The van der Waals surface area contributed by atoms with Crippen molar-refractivity contribution in [3.8, 4) is 0 Å². The number of amides is 1. The molecule has 0 aromatic carbocycles. The molecule has 1 aliphatic rings. The number of carbonyl (C=O) groups excluding carboxylic acids is 1. The number of ether oxygens (including phenoxy) is 1. The van der Waals surface area contributed by atoms with Gasteiger partial charge in [0.05, 0.1) is 1.37 Å². The Morgan fingerprint density at radius 3 is 2.32 bits per heavy atom. The van der Waals surface area contributed by atoms with E-state index >= 15 is 0 Å². The lowest BCUT2D eigenvalue weighted by atomic mass is 10.1. The van der Waals surface area contributed by atoms with Gasteiger partial charge in [0, 0.05) is 33.0 Å². The van der Waals surface area contributed by atoms with Gasteiger partial charge in [0.1, 0.15) is 0 Å². The molecular formula is C12H21F3N2O2. The second-order valence-corrected chi connectivity index (χ2v) is 5.41. The molecule has 3 atom stereocenters. The first-order chi connectivity index (χ1) is 9.34. The van der Waals surface area contributed by atoms with Crippen molar-refractivity contribution in [2.45, 2.75) is 45.5 Å². The molecule has 7 heteroatoms. The molecule has 4 nitrogen and oxygen atoms in total. The number of carbonyl (C=O) groups is 1. The maximum Gasteiger partial charge on any atom is 0.425 e. The quantitative estimate of drug-likeness (QED) is 0.741. The summed E-state index contributed by atoms with van der Waals surface area (Å²) in [6.45, 7) is 4.44. The third kappa shape index (κ3) is 4.56. The first-order valence-corrected chi connectivity index (χ1v) is 5.99. The van der Waals surface area contributed by atoms with Crippen molar-refractivity contribution in [1.29, 1.82) is 0 Å². The van der Waals surface area contributed by atoms with Crippen LogP contribution < -0.4 is 0 Å². The fraction of sp³-hybridized carbons (Fsp3) is 0.917. The lowest BCUT2D eigenvalue weighted by Gasteiger charge is -2.42. The molecule has 0 saturated carbocycles. The predicted octanol–water partition coefficient (Wildman–Crippen LogP) is 2.49. The topological polar surface area (TPSA) is 32.8 Å². The molecular weight excluding hydrogens is 261 g/mol. The molecule has 0 aromatic rings. The average molecular weight is 284 g/mol. The highest BCUT2D eigenvalue weighted by Gasteiger charge is 2.40. The van der Waals surface area contributed by atoms with Crippen molar-refractivity contribution in [3.63, 3.8) is 0 Å². The molecule has 0 aliphatic carbocycles. The number of rotatable bonds is 1. The Bertz CT molecular complexity index is 388. The van der Waals surface area contributed by atoms with E-state index in [0.29, 0.717) is 0 Å². The minimum atomic E-state index is -4.64. The summed E-state index contributed by atoms with van der Waals surface area (Å²) in [4.78, 5) is 14.3. The second-order valence-electron chi connectivity index (χ2n) is 5.41. The Balaban J connectivity index is 2.72. The number of hydrogen-bond donors (Lipinski definition) is 0. The van der Waals surface area contributed by atoms with Gasteiger partial charge in [-0.15, -0.1) is 0 Å². The van der Waals surface area contributed by atoms with Crippen LogP contribution in [0.5, 0.6) is 0 Å². The zero-order valence-corrected chi connectivity index (χ0v) is 11.5. The summed E-state index contributed by atoms with van der Waals surface area (Å²) in [5.41, 5.74) is -0.360. The van der Waals surface area contributed by atoms with Gasteiger partial charge in [0.2, 0.25) is 0 Å². The van der Waals surface area contributed by atoms with Crippen molar-refractivity contribution < 1.29 is 25.4 Å². The third-order valence-electron chi connectivity index (χ3n) is 2.83. The van der Waals surface area contributed by atoms with E-state index in [1.54, 1.807) is 4.90 Å². The SMILES string of the molecule is [2H]C1CN(C(C)(C)C)C([2H])CN1C(=O)OC(C)C(F)(F)F. The van der Waals surface area contributed by atoms with E-state index in [4.69, 9.17) is 2.74 Å². The molecule has 0 spiro atoms. The number of piperazine rings is 1. The smallest absolute Gasteiger partial charge is 0.425 e. The summed E-state index contributed by atoms with van der Waals surface area (Å²) >= 11 is 0. The fourth-order valence-electron chi connectivity index (χ4n) is 1.50. The highest BCUT2D eigenvalue weighted by Crippen LogP contribution is 2.23. The lowest BCUT2D eigenvalue weighted by molar-refractivity contribution is -0.200. The summed E-state index contributed by atoms with van der Waals surface area (Å²) < 4.78 is 57.3. The summed E-state index contributed by atoms with van der Waals surface area (Å²) in [5.74, 6) is 0. The first-order valence-electron chi connectivity index (χ1n) is 7.14. The van der Waals surface area contributed by atoms with Crippen molar-refractivity contribution in [2.24, 2.45) is 0 Å². The van der Waals surface area contributed by atoms with E-state index in [2.05, 4.69) is 4.74 Å². The summed E-state index contributed by atoms with van der Waals surface area (Å²) in [5, 5.41) is 0. The zero-order chi connectivity index (χ0) is 16.6. The first kappa shape index (κ1) is 13.0. The van der Waals surface area contributed by atoms with Crippen molar-refractivity contribution in [1.82, 2.24) is 9.80 Å². The number of alkyl halides is 3. The van der Waals surface area contributed by atoms with Gasteiger partial charge < -0.3 is 9.64 Å². The van der Waals surface area contributed by atoms with Crippen LogP contribution in [0.15, 0.2) is 0 Å². The van der Waals surface area contributed by atoms with Crippen LogP contribution >= 0.6 is 0 Å². The van der Waals surface area contributed by atoms with Crippen LogP contribution in [0.25, 0.3) is 0 Å². The Morgan fingerprint density at radius 2 is 1.84 bits per heavy atom. The molecule has 1 saturated heterocycles. The molecule has 1 aliphatic heterocycles. The van der Waals surface area contributed by atoms with E-state index in [1.807, 2.05) is 20.8 Å². The molecule has 0 aromatic heterocycles. The molecule has 19 heavy (non-hydrogen) atoms. The molecule has 0 radical (unpaired) electrons. The number of nitrogens with zero attached hydrogens (tertiary/aromatic N) is 2. The summed E-state index contributed by atoms with van der Waals surface area (Å²) in [6, 6.07) is 0. The Kier molecular flexibility index (Phi) is 3.81. The van der Waals surface area contributed by atoms with Gasteiger partial charge in [0.25, 0.3) is 0 Å². The largest absolute Gasteiger partial charge is 0.437 e. The monoisotopic (exact) mass is 284 g/mol. The van der Waals surface area contributed by atoms with Crippen LogP contribution in [0.1, 0.15) is 30.4 Å². The molecule has 3 unspecified atom stereocenters. The second kappa shape index (κ2) is 5.56. The van der Waals surface area contributed by atoms with Crippen LogP contribution in [-0.2, 0) is 4.74 Å². The highest BCUT2D eigenvalue weighted by atomic mass is 19.4. The van der Waals surface area contributed by atoms with Crippen molar-refractivity contribution >= 4 is 6.09 Å². The number of hydrogen-bond acceptors (Lipinski definition) is 3. The van der Waals surface area contributed by atoms with E-state index in [9.17, 15) is 18.0 Å². The molecule has 0 N–H and O–H groups in total. The van der Waals surface area contributed by atoms with Crippen LogP contribution in [0.4, 0.5) is 18.0 Å². The average Bonchev–Trinajstić information content (AvgIpc) is 2.28. The van der Waals surface area contributed by atoms with Crippen LogP contribution in [0.2, 0.25) is 0 Å². The van der Waals surface area contributed by atoms with Crippen molar-refractivity contribution in [3.05, 3.63) is 0 Å². The van der Waals surface area contributed by atoms with E-state index in [0.717, 1.165) is 11.8 Å². The van der Waals surface area contributed by atoms with Gasteiger partial charge in [-0.3, -0.25) is 4.90 Å². The van der Waals surface area contributed by atoms with Gasteiger partial charge in [-0.2, -0.15) is 13.2 Å². The maximum absolute atomic E-state index is 12.4. The molecule has 0 bridgehead atoms. The Morgan fingerprint density at radius 1 is 1.26 bits per heavy atom. The molecule has 112 valence electrons. The zero-order valence-electron chi connectivity index (χ0n) is 13.5. The summed E-state index contributed by atoms with van der Waals surface area (Å²) in [6.07, 6.45) is -8.08. The fourth-order valence-corrected chi connectivity index (χ4v) is 1.50. The minimum absolute atomic E-state index is 0.0904. The van der Waals surface area contributed by atoms with Crippen LogP contribution in [-0.4, -0.2) is 59.8 Å². The third-order valence-corrected chi connectivity index (χ3v) is 2.83. The van der Waals surface area contributed by atoms with Crippen LogP contribution in [0, 0.1) is 0 Å². The highest BCUT2D eigenvalue weighted by molar-refractivity contribution is 5.68. The predicted molar refractivity (Wildman–Crippen MR) is 64.9 cm³/mol. The van der Waals surface area contributed by atoms with Crippen molar-refractivity contribution in [2.75, 3.05) is 26.1 Å². The van der Waals surface area contributed by atoms with E-state index in [-0.39, 0.29) is 18.6 Å². The molecule has 1 fully saturated rings. The van der Waals surface area contributed by atoms with E-state index in [1.165, 1.54) is 0 Å². The molecule has 1 heterocycles. The van der Waals surface area contributed by atoms with Crippen LogP contribution in [0.3, 0.4) is 0 Å². The molecule has 1 rings (SSSR count). The summed E-state index contributed by atoms with van der Waals surface area (Å²) in [7, 11) is 0. The van der Waals surface area contributed by atoms with E-state index < -0.39 is 31.4 Å². The van der Waals surface area contributed by atoms with Gasteiger partial charge in [-0.25, -0.2) is 4.79 Å². The lowest BCUT2D eigenvalue weighted by Crippen LogP contribution is -2.55. The normalized spacial score (nSPS) is 29.5. The standard InChI is InChI=1S/C12H21F3N2O2/c1-9(12(13,14)15)19-10(18)16-5-7-17(8-6-16)11(2,3)4/h9H,5-8H2,1-4H3/i5D,8D. The Labute approximate surface area is 114 Å².